The monoisotopic (exact) mass is 474 g/mol. The van der Waals surface area contributed by atoms with Crippen LogP contribution in [0.3, 0.4) is 0 Å². The van der Waals surface area contributed by atoms with Crippen molar-refractivity contribution in [3.63, 3.8) is 0 Å². The van der Waals surface area contributed by atoms with Gasteiger partial charge in [0.15, 0.2) is 5.16 Å². The van der Waals surface area contributed by atoms with Gasteiger partial charge >= 0.3 is 0 Å². The third-order valence-corrected chi connectivity index (χ3v) is 8.40. The minimum Gasteiger partial charge on any atom is -0.497 e. The second kappa shape index (κ2) is 9.61. The van der Waals surface area contributed by atoms with E-state index in [9.17, 15) is 4.79 Å². The molecule has 1 aromatic heterocycles. The van der Waals surface area contributed by atoms with Crippen LogP contribution >= 0.6 is 11.8 Å². The number of benzene rings is 2. The highest BCUT2D eigenvalue weighted by atomic mass is 32.2. The van der Waals surface area contributed by atoms with Crippen molar-refractivity contribution in [2.45, 2.75) is 69.4 Å². The van der Waals surface area contributed by atoms with Crippen LogP contribution in [0.15, 0.2) is 58.5 Å². The Labute approximate surface area is 206 Å². The van der Waals surface area contributed by atoms with Crippen molar-refractivity contribution < 1.29 is 4.74 Å². The van der Waals surface area contributed by atoms with Crippen molar-refractivity contribution in [3.8, 4) is 22.7 Å². The van der Waals surface area contributed by atoms with Gasteiger partial charge in [-0.1, -0.05) is 75.2 Å². The first-order chi connectivity index (χ1) is 16.5. The number of rotatable bonds is 6. The predicted molar refractivity (Wildman–Crippen MR) is 140 cm³/mol. The van der Waals surface area contributed by atoms with Crippen molar-refractivity contribution in [3.05, 3.63) is 70.0 Å². The van der Waals surface area contributed by atoms with Gasteiger partial charge in [0.05, 0.1) is 24.1 Å². The number of ether oxygens (including phenoxy) is 1. The van der Waals surface area contributed by atoms with E-state index in [0.717, 1.165) is 64.9 Å². The Morgan fingerprint density at radius 1 is 1.09 bits per heavy atom. The van der Waals surface area contributed by atoms with Gasteiger partial charge in [0, 0.05) is 22.8 Å². The van der Waals surface area contributed by atoms with Crippen LogP contribution in [0.2, 0.25) is 0 Å². The van der Waals surface area contributed by atoms with E-state index in [1.54, 1.807) is 18.9 Å². The molecule has 5 rings (SSSR count). The van der Waals surface area contributed by atoms with E-state index in [1.165, 1.54) is 24.8 Å². The highest BCUT2D eigenvalue weighted by molar-refractivity contribution is 7.99. The van der Waals surface area contributed by atoms with Crippen molar-refractivity contribution in [2.24, 2.45) is 5.92 Å². The Morgan fingerprint density at radius 2 is 1.88 bits per heavy atom. The van der Waals surface area contributed by atoms with Crippen LogP contribution in [0.5, 0.6) is 5.75 Å². The van der Waals surface area contributed by atoms with Crippen molar-refractivity contribution >= 4 is 11.8 Å². The maximum Gasteiger partial charge on any atom is 0.263 e. The van der Waals surface area contributed by atoms with E-state index in [0.29, 0.717) is 5.92 Å². The van der Waals surface area contributed by atoms with E-state index in [1.807, 2.05) is 28.8 Å². The number of hydrogen-bond donors (Lipinski definition) is 0. The van der Waals surface area contributed by atoms with Gasteiger partial charge in [-0.05, 0) is 49.3 Å². The molecular formula is C29H34N2O2S. The van der Waals surface area contributed by atoms with Crippen LogP contribution < -0.4 is 10.3 Å². The molecule has 0 atom stereocenters. The summed E-state index contributed by atoms with van der Waals surface area (Å²) >= 11 is 1.69. The SMILES string of the molecule is COc1cccc(-n2c(SCCC(C)C)nc3c(c2=O)C2(CCCCC2)Cc2ccccc2-3)c1. The molecule has 1 spiro atoms. The molecule has 2 aliphatic rings. The number of aromatic nitrogens is 2. The summed E-state index contributed by atoms with van der Waals surface area (Å²) in [6.45, 7) is 4.47. The van der Waals surface area contributed by atoms with Crippen LogP contribution in [0, 0.1) is 5.92 Å². The van der Waals surface area contributed by atoms with Crippen LogP contribution in [0.25, 0.3) is 16.9 Å². The number of thioether (sulfide) groups is 1. The molecule has 34 heavy (non-hydrogen) atoms. The molecule has 0 N–H and O–H groups in total. The number of methoxy groups -OCH3 is 1. The molecule has 0 bridgehead atoms. The highest BCUT2D eigenvalue weighted by Gasteiger charge is 2.43. The predicted octanol–water partition coefficient (Wildman–Crippen LogP) is 6.80. The van der Waals surface area contributed by atoms with Gasteiger partial charge in [0.1, 0.15) is 5.75 Å². The first kappa shape index (κ1) is 23.2. The lowest BCUT2D eigenvalue weighted by Gasteiger charge is -2.42. The molecule has 0 radical (unpaired) electrons. The zero-order valence-corrected chi connectivity index (χ0v) is 21.3. The molecule has 0 amide bonds. The second-order valence-electron chi connectivity index (χ2n) is 10.2. The molecule has 5 heteroatoms. The van der Waals surface area contributed by atoms with Gasteiger partial charge in [-0.15, -0.1) is 0 Å². The zero-order chi connectivity index (χ0) is 23.7. The first-order valence-electron chi connectivity index (χ1n) is 12.6. The van der Waals surface area contributed by atoms with Gasteiger partial charge in [0.25, 0.3) is 5.56 Å². The quantitative estimate of drug-likeness (QED) is 0.291. The smallest absolute Gasteiger partial charge is 0.263 e. The van der Waals surface area contributed by atoms with Gasteiger partial charge < -0.3 is 4.74 Å². The summed E-state index contributed by atoms with van der Waals surface area (Å²) in [5.41, 5.74) is 5.13. The largest absolute Gasteiger partial charge is 0.497 e. The fraction of sp³-hybridized carbons (Fsp3) is 0.448. The molecule has 3 aromatic rings. The van der Waals surface area contributed by atoms with Gasteiger partial charge in [0.2, 0.25) is 0 Å². The van der Waals surface area contributed by atoms with Gasteiger partial charge in [-0.2, -0.15) is 0 Å². The second-order valence-corrected chi connectivity index (χ2v) is 11.2. The average Bonchev–Trinajstić information content (AvgIpc) is 2.84. The topological polar surface area (TPSA) is 44.1 Å². The zero-order valence-electron chi connectivity index (χ0n) is 20.5. The molecule has 2 aromatic carbocycles. The minimum atomic E-state index is -0.117. The molecule has 1 fully saturated rings. The van der Waals surface area contributed by atoms with Crippen LogP contribution in [0.1, 0.15) is 63.5 Å². The summed E-state index contributed by atoms with van der Waals surface area (Å²) in [7, 11) is 1.67. The van der Waals surface area contributed by atoms with Crippen LogP contribution in [0.4, 0.5) is 0 Å². The summed E-state index contributed by atoms with van der Waals surface area (Å²) in [5.74, 6) is 2.28. The van der Waals surface area contributed by atoms with E-state index >= 15 is 0 Å². The van der Waals surface area contributed by atoms with E-state index in [2.05, 4.69) is 38.1 Å². The maximum atomic E-state index is 14.5. The molecule has 4 nitrogen and oxygen atoms in total. The lowest BCUT2D eigenvalue weighted by molar-refractivity contribution is 0.283. The summed E-state index contributed by atoms with van der Waals surface area (Å²) in [6, 6.07) is 16.4. The first-order valence-corrected chi connectivity index (χ1v) is 13.5. The standard InChI is InChI=1S/C29H34N2O2S/c1-20(2)14-17-34-28-30-26-24-13-6-5-10-21(24)19-29(15-7-4-8-16-29)25(26)27(32)31(28)22-11-9-12-23(18-22)33-3/h5-6,9-13,18,20H,4,7-8,14-17,19H2,1-3H3. The van der Waals surface area contributed by atoms with Crippen LogP contribution in [-0.2, 0) is 11.8 Å². The van der Waals surface area contributed by atoms with Gasteiger partial charge in [-0.3, -0.25) is 9.36 Å². The minimum absolute atomic E-state index is 0.0988. The lowest BCUT2D eigenvalue weighted by Crippen LogP contribution is -2.42. The normalized spacial score (nSPS) is 16.4. The summed E-state index contributed by atoms with van der Waals surface area (Å²) < 4.78 is 7.35. The fourth-order valence-electron chi connectivity index (χ4n) is 5.65. The Balaban J connectivity index is 1.76. The summed E-state index contributed by atoms with van der Waals surface area (Å²) in [4.78, 5) is 19.8. The van der Waals surface area contributed by atoms with Crippen LogP contribution in [-0.4, -0.2) is 22.4 Å². The number of fused-ring (bicyclic) bond motifs is 4. The fourth-order valence-corrected chi connectivity index (χ4v) is 6.89. The molecule has 1 saturated carbocycles. The molecule has 0 aliphatic heterocycles. The number of nitrogens with zero attached hydrogens (tertiary/aromatic N) is 2. The molecule has 178 valence electrons. The summed E-state index contributed by atoms with van der Waals surface area (Å²) in [6.07, 6.45) is 7.73. The van der Waals surface area contributed by atoms with E-state index in [-0.39, 0.29) is 11.0 Å². The highest BCUT2D eigenvalue weighted by Crippen LogP contribution is 2.49. The average molecular weight is 475 g/mol. The van der Waals surface area contributed by atoms with Crippen molar-refractivity contribution in [1.29, 1.82) is 0 Å². The number of hydrogen-bond acceptors (Lipinski definition) is 4. The lowest BCUT2D eigenvalue weighted by atomic mass is 9.62. The molecule has 0 saturated heterocycles. The summed E-state index contributed by atoms with van der Waals surface area (Å²) in [5, 5.41) is 0.778. The third kappa shape index (κ3) is 4.19. The molecule has 1 heterocycles. The Kier molecular flexibility index (Phi) is 6.57. The molecule has 2 aliphatic carbocycles. The van der Waals surface area contributed by atoms with Crippen molar-refractivity contribution in [2.75, 3.05) is 12.9 Å². The molecular weight excluding hydrogens is 440 g/mol. The van der Waals surface area contributed by atoms with E-state index < -0.39 is 0 Å². The Hall–Kier alpha value is -2.53. The van der Waals surface area contributed by atoms with E-state index in [4.69, 9.17) is 9.72 Å². The molecule has 0 unspecified atom stereocenters. The Bertz CT molecular complexity index is 1240. The maximum absolute atomic E-state index is 14.5. The third-order valence-electron chi connectivity index (χ3n) is 7.43. The van der Waals surface area contributed by atoms with Crippen molar-refractivity contribution in [1.82, 2.24) is 9.55 Å². The van der Waals surface area contributed by atoms with Gasteiger partial charge in [-0.25, -0.2) is 4.98 Å². The Morgan fingerprint density at radius 3 is 2.65 bits per heavy atom.